The van der Waals surface area contributed by atoms with Crippen molar-refractivity contribution in [2.24, 2.45) is 0 Å². The third kappa shape index (κ3) is 5.69. The molecule has 94 valence electrons. The number of hydrogen-bond donors (Lipinski definition) is 1. The molecule has 0 amide bonds. The van der Waals surface area contributed by atoms with Gasteiger partial charge in [0.2, 0.25) is 0 Å². The van der Waals surface area contributed by atoms with Crippen molar-refractivity contribution < 1.29 is 5.11 Å². The fraction of sp³-hybridized carbons (Fsp3) is 0.500. The Labute approximate surface area is 105 Å². The molecular formula is C16H24O. The second-order valence-electron chi connectivity index (χ2n) is 4.71. The van der Waals surface area contributed by atoms with Gasteiger partial charge in [-0.15, -0.1) is 6.58 Å². The number of benzene rings is 1. The lowest BCUT2D eigenvalue weighted by atomic mass is 9.99. The van der Waals surface area contributed by atoms with Crippen LogP contribution in [0.15, 0.2) is 36.9 Å². The van der Waals surface area contributed by atoms with Crippen LogP contribution in [-0.2, 0) is 6.42 Å². The summed E-state index contributed by atoms with van der Waals surface area (Å²) >= 11 is 0. The van der Waals surface area contributed by atoms with Crippen LogP contribution in [0.3, 0.4) is 0 Å². The standard InChI is InChI=1S/C16H24O/c1-3-4-5-6-7-12-16(17)13-15-11-9-8-10-14(15)2/h3,8-11,16-17H,1,4-7,12-13H2,2H3. The third-order valence-electron chi connectivity index (χ3n) is 3.16. The van der Waals surface area contributed by atoms with Gasteiger partial charge in [-0.25, -0.2) is 0 Å². The zero-order valence-electron chi connectivity index (χ0n) is 10.9. The maximum Gasteiger partial charge on any atom is 0.0580 e. The van der Waals surface area contributed by atoms with Crippen LogP contribution in [0.4, 0.5) is 0 Å². The Hall–Kier alpha value is -1.08. The van der Waals surface area contributed by atoms with E-state index in [-0.39, 0.29) is 6.10 Å². The van der Waals surface area contributed by atoms with Crippen molar-refractivity contribution in [1.82, 2.24) is 0 Å². The first-order valence-corrected chi connectivity index (χ1v) is 6.57. The van der Waals surface area contributed by atoms with Crippen LogP contribution < -0.4 is 0 Å². The predicted octanol–water partition coefficient (Wildman–Crippen LogP) is 4.03. The lowest BCUT2D eigenvalue weighted by Gasteiger charge is -2.12. The van der Waals surface area contributed by atoms with E-state index >= 15 is 0 Å². The Morgan fingerprint density at radius 1 is 1.24 bits per heavy atom. The molecule has 0 fully saturated rings. The normalized spacial score (nSPS) is 12.4. The summed E-state index contributed by atoms with van der Waals surface area (Å²) < 4.78 is 0. The Balaban J connectivity index is 2.23. The van der Waals surface area contributed by atoms with Gasteiger partial charge in [0, 0.05) is 0 Å². The molecule has 1 rings (SSSR count). The average molecular weight is 232 g/mol. The highest BCUT2D eigenvalue weighted by Crippen LogP contribution is 2.13. The van der Waals surface area contributed by atoms with Gasteiger partial charge in [0.15, 0.2) is 0 Å². The fourth-order valence-electron chi connectivity index (χ4n) is 2.04. The summed E-state index contributed by atoms with van der Waals surface area (Å²) in [6.07, 6.45) is 8.05. The molecule has 0 saturated carbocycles. The number of aliphatic hydroxyl groups is 1. The van der Waals surface area contributed by atoms with E-state index in [9.17, 15) is 5.11 Å². The molecule has 1 aromatic rings. The average Bonchev–Trinajstić information content (AvgIpc) is 2.32. The van der Waals surface area contributed by atoms with Crippen molar-refractivity contribution in [2.75, 3.05) is 0 Å². The van der Waals surface area contributed by atoms with Crippen LogP contribution in [0, 0.1) is 6.92 Å². The molecule has 0 radical (unpaired) electrons. The first kappa shape index (κ1) is 14.0. The Bertz CT molecular complexity index is 330. The fourth-order valence-corrected chi connectivity index (χ4v) is 2.04. The maximum atomic E-state index is 9.96. The van der Waals surface area contributed by atoms with Gasteiger partial charge < -0.3 is 5.11 Å². The van der Waals surface area contributed by atoms with E-state index in [0.29, 0.717) is 0 Å². The number of aliphatic hydroxyl groups excluding tert-OH is 1. The van der Waals surface area contributed by atoms with E-state index in [4.69, 9.17) is 0 Å². The highest BCUT2D eigenvalue weighted by Gasteiger charge is 2.06. The molecule has 0 saturated heterocycles. The SMILES string of the molecule is C=CCCCCCC(O)Cc1ccccc1C. The second kappa shape index (κ2) is 8.08. The molecule has 1 unspecified atom stereocenters. The van der Waals surface area contributed by atoms with Crippen LogP contribution >= 0.6 is 0 Å². The summed E-state index contributed by atoms with van der Waals surface area (Å²) in [4.78, 5) is 0. The van der Waals surface area contributed by atoms with E-state index in [0.717, 1.165) is 25.7 Å². The smallest absolute Gasteiger partial charge is 0.0580 e. The molecule has 1 aromatic carbocycles. The van der Waals surface area contributed by atoms with Gasteiger partial charge in [0.25, 0.3) is 0 Å². The Morgan fingerprint density at radius 3 is 2.71 bits per heavy atom. The summed E-state index contributed by atoms with van der Waals surface area (Å²) in [5.41, 5.74) is 2.55. The topological polar surface area (TPSA) is 20.2 Å². The van der Waals surface area contributed by atoms with Crippen molar-refractivity contribution in [1.29, 1.82) is 0 Å². The van der Waals surface area contributed by atoms with Gasteiger partial charge in [0.1, 0.15) is 0 Å². The molecule has 1 heteroatoms. The quantitative estimate of drug-likeness (QED) is 0.530. The second-order valence-corrected chi connectivity index (χ2v) is 4.71. The number of unbranched alkanes of at least 4 members (excludes halogenated alkanes) is 3. The lowest BCUT2D eigenvalue weighted by Crippen LogP contribution is -2.11. The zero-order chi connectivity index (χ0) is 12.5. The molecule has 1 nitrogen and oxygen atoms in total. The molecule has 1 atom stereocenters. The molecule has 0 aliphatic carbocycles. The molecule has 0 heterocycles. The zero-order valence-corrected chi connectivity index (χ0v) is 10.9. The summed E-state index contributed by atoms with van der Waals surface area (Å²) in [6.45, 7) is 5.81. The first-order chi connectivity index (χ1) is 8.24. The van der Waals surface area contributed by atoms with Crippen molar-refractivity contribution in [2.45, 2.75) is 51.6 Å². The number of rotatable bonds is 8. The molecule has 0 aliphatic rings. The molecule has 1 N–H and O–H groups in total. The number of aryl methyl sites for hydroxylation is 1. The van der Waals surface area contributed by atoms with Gasteiger partial charge in [0.05, 0.1) is 6.10 Å². The van der Waals surface area contributed by atoms with Gasteiger partial charge in [-0.2, -0.15) is 0 Å². The van der Waals surface area contributed by atoms with Crippen LogP contribution in [0.25, 0.3) is 0 Å². The molecular weight excluding hydrogens is 208 g/mol. The highest BCUT2D eigenvalue weighted by atomic mass is 16.3. The van der Waals surface area contributed by atoms with Crippen LogP contribution in [0.1, 0.15) is 43.2 Å². The lowest BCUT2D eigenvalue weighted by molar-refractivity contribution is 0.161. The van der Waals surface area contributed by atoms with E-state index in [1.54, 1.807) is 0 Å². The minimum atomic E-state index is -0.195. The van der Waals surface area contributed by atoms with Gasteiger partial charge in [-0.1, -0.05) is 43.2 Å². The Kier molecular flexibility index (Phi) is 6.64. The monoisotopic (exact) mass is 232 g/mol. The minimum Gasteiger partial charge on any atom is -0.393 e. The Morgan fingerprint density at radius 2 is 2.00 bits per heavy atom. The molecule has 17 heavy (non-hydrogen) atoms. The number of hydrogen-bond acceptors (Lipinski definition) is 1. The van der Waals surface area contributed by atoms with Crippen LogP contribution in [-0.4, -0.2) is 11.2 Å². The molecule has 0 spiro atoms. The molecule has 0 aliphatic heterocycles. The summed E-state index contributed by atoms with van der Waals surface area (Å²) in [5, 5.41) is 9.96. The van der Waals surface area contributed by atoms with E-state index < -0.39 is 0 Å². The van der Waals surface area contributed by atoms with E-state index in [1.165, 1.54) is 24.0 Å². The van der Waals surface area contributed by atoms with E-state index in [1.807, 2.05) is 18.2 Å². The van der Waals surface area contributed by atoms with Crippen LogP contribution in [0.2, 0.25) is 0 Å². The van der Waals surface area contributed by atoms with Crippen molar-refractivity contribution in [3.8, 4) is 0 Å². The molecule has 0 aromatic heterocycles. The first-order valence-electron chi connectivity index (χ1n) is 6.57. The predicted molar refractivity (Wildman–Crippen MR) is 74.2 cm³/mol. The van der Waals surface area contributed by atoms with Crippen molar-refractivity contribution in [3.63, 3.8) is 0 Å². The molecule has 0 bridgehead atoms. The largest absolute Gasteiger partial charge is 0.393 e. The van der Waals surface area contributed by atoms with Gasteiger partial charge in [-0.3, -0.25) is 0 Å². The highest BCUT2D eigenvalue weighted by molar-refractivity contribution is 5.26. The minimum absolute atomic E-state index is 0.195. The van der Waals surface area contributed by atoms with Crippen molar-refractivity contribution in [3.05, 3.63) is 48.0 Å². The van der Waals surface area contributed by atoms with Crippen molar-refractivity contribution >= 4 is 0 Å². The maximum absolute atomic E-state index is 9.96. The van der Waals surface area contributed by atoms with Crippen LogP contribution in [0.5, 0.6) is 0 Å². The van der Waals surface area contributed by atoms with E-state index in [2.05, 4.69) is 25.6 Å². The van der Waals surface area contributed by atoms with Gasteiger partial charge in [-0.05, 0) is 43.7 Å². The third-order valence-corrected chi connectivity index (χ3v) is 3.16. The van der Waals surface area contributed by atoms with Gasteiger partial charge >= 0.3 is 0 Å². The summed E-state index contributed by atoms with van der Waals surface area (Å²) in [6, 6.07) is 8.29. The summed E-state index contributed by atoms with van der Waals surface area (Å²) in [7, 11) is 0. The number of allylic oxidation sites excluding steroid dienone is 1. The summed E-state index contributed by atoms with van der Waals surface area (Å²) in [5.74, 6) is 0.